The van der Waals surface area contributed by atoms with Gasteiger partial charge in [0.05, 0.1) is 19.8 Å². The minimum Gasteiger partial charge on any atom is -0.350 e. The van der Waals surface area contributed by atoms with Crippen molar-refractivity contribution in [2.75, 3.05) is 31.2 Å². The second kappa shape index (κ2) is 3.99. The first-order chi connectivity index (χ1) is 7.88. The molecule has 86 valence electrons. The van der Waals surface area contributed by atoms with Crippen LogP contribution in [0.1, 0.15) is 12.8 Å². The predicted molar refractivity (Wildman–Crippen MR) is 58.1 cm³/mol. The van der Waals surface area contributed by atoms with Crippen LogP contribution in [0.25, 0.3) is 0 Å². The first-order valence-electron chi connectivity index (χ1n) is 5.69. The normalized spacial score (nSPS) is 23.9. The summed E-state index contributed by atoms with van der Waals surface area (Å²) >= 11 is 0. The maximum absolute atomic E-state index is 5.72. The van der Waals surface area contributed by atoms with Crippen molar-refractivity contribution < 1.29 is 9.47 Å². The van der Waals surface area contributed by atoms with Crippen LogP contribution < -0.4 is 4.90 Å². The van der Waals surface area contributed by atoms with E-state index in [1.54, 1.807) is 6.20 Å². The van der Waals surface area contributed by atoms with E-state index >= 15 is 0 Å². The van der Waals surface area contributed by atoms with E-state index in [0.717, 1.165) is 31.7 Å². The van der Waals surface area contributed by atoms with Crippen molar-refractivity contribution in [3.63, 3.8) is 0 Å². The van der Waals surface area contributed by atoms with Crippen LogP contribution in [0.2, 0.25) is 0 Å². The molecule has 5 nitrogen and oxygen atoms in total. The van der Waals surface area contributed by atoms with Crippen molar-refractivity contribution in [3.05, 3.63) is 18.3 Å². The molecule has 1 spiro atoms. The average molecular weight is 221 g/mol. The molecule has 0 radical (unpaired) electrons. The first-order valence-corrected chi connectivity index (χ1v) is 5.69. The highest BCUT2D eigenvalue weighted by atomic mass is 16.7. The van der Waals surface area contributed by atoms with Crippen LogP contribution in [0, 0.1) is 0 Å². The van der Waals surface area contributed by atoms with E-state index in [1.165, 1.54) is 0 Å². The lowest BCUT2D eigenvalue weighted by Gasteiger charge is -2.38. The Hall–Kier alpha value is -1.20. The van der Waals surface area contributed by atoms with Gasteiger partial charge in [-0.3, -0.25) is 0 Å². The molecule has 0 aliphatic carbocycles. The summed E-state index contributed by atoms with van der Waals surface area (Å²) in [6.07, 6.45) is 3.73. The van der Waals surface area contributed by atoms with Gasteiger partial charge in [0.1, 0.15) is 0 Å². The number of aromatic nitrogens is 2. The summed E-state index contributed by atoms with van der Waals surface area (Å²) < 4.78 is 11.4. The fourth-order valence-electron chi connectivity index (χ4n) is 2.38. The molecule has 0 atom stereocenters. The zero-order valence-electron chi connectivity index (χ0n) is 9.13. The third kappa shape index (κ3) is 1.76. The Morgan fingerprint density at radius 3 is 2.94 bits per heavy atom. The van der Waals surface area contributed by atoms with E-state index in [-0.39, 0.29) is 0 Å². The highest BCUT2D eigenvalue weighted by molar-refractivity contribution is 5.37. The largest absolute Gasteiger partial charge is 0.350 e. The number of ether oxygens (including phenoxy) is 2. The molecule has 3 heterocycles. The molecule has 0 unspecified atom stereocenters. The summed E-state index contributed by atoms with van der Waals surface area (Å²) in [6, 6.07) is 3.88. The zero-order chi connectivity index (χ0) is 10.8. The van der Waals surface area contributed by atoms with Crippen molar-refractivity contribution in [1.29, 1.82) is 0 Å². The van der Waals surface area contributed by atoms with E-state index in [4.69, 9.17) is 9.47 Å². The topological polar surface area (TPSA) is 47.5 Å². The van der Waals surface area contributed by atoms with Gasteiger partial charge in [0.15, 0.2) is 11.6 Å². The molecule has 1 aromatic heterocycles. The molecule has 0 bridgehead atoms. The van der Waals surface area contributed by atoms with Gasteiger partial charge in [-0.15, -0.1) is 5.10 Å². The molecule has 2 saturated heterocycles. The second-order valence-corrected chi connectivity index (χ2v) is 4.21. The SMILES string of the molecule is c1cnnc(N2CCCC3(C2)OCCO3)c1. The third-order valence-electron chi connectivity index (χ3n) is 3.11. The Kier molecular flexibility index (Phi) is 2.49. The fraction of sp³-hybridized carbons (Fsp3) is 0.636. The lowest BCUT2D eigenvalue weighted by molar-refractivity contribution is -0.161. The van der Waals surface area contributed by atoms with Crippen molar-refractivity contribution in [1.82, 2.24) is 10.2 Å². The molecular formula is C11H15N3O2. The zero-order valence-corrected chi connectivity index (χ0v) is 9.13. The average Bonchev–Trinajstić information content (AvgIpc) is 2.78. The molecule has 2 fully saturated rings. The van der Waals surface area contributed by atoms with Gasteiger partial charge in [0.25, 0.3) is 0 Å². The number of hydrogen-bond donors (Lipinski definition) is 0. The van der Waals surface area contributed by atoms with Crippen LogP contribution in [0.3, 0.4) is 0 Å². The standard InChI is InChI=1S/C11H15N3O2/c1-3-10(13-12-5-1)14-6-2-4-11(9-14)15-7-8-16-11/h1,3,5H,2,4,6-9H2. The molecule has 0 amide bonds. The summed E-state index contributed by atoms with van der Waals surface area (Å²) in [4.78, 5) is 2.18. The van der Waals surface area contributed by atoms with Gasteiger partial charge in [-0.1, -0.05) is 0 Å². The van der Waals surface area contributed by atoms with Crippen LogP contribution in [-0.2, 0) is 9.47 Å². The summed E-state index contributed by atoms with van der Waals surface area (Å²) in [5.74, 6) is 0.510. The summed E-state index contributed by atoms with van der Waals surface area (Å²) in [5, 5.41) is 8.02. The van der Waals surface area contributed by atoms with Crippen LogP contribution in [0.5, 0.6) is 0 Å². The van der Waals surface area contributed by atoms with Crippen LogP contribution in [0.15, 0.2) is 18.3 Å². The molecule has 0 saturated carbocycles. The van der Waals surface area contributed by atoms with Gasteiger partial charge in [0.2, 0.25) is 0 Å². The second-order valence-electron chi connectivity index (χ2n) is 4.21. The summed E-state index contributed by atoms with van der Waals surface area (Å²) in [5.41, 5.74) is 0. The summed E-state index contributed by atoms with van der Waals surface area (Å²) in [6.45, 7) is 3.15. The van der Waals surface area contributed by atoms with E-state index in [0.29, 0.717) is 13.2 Å². The lowest BCUT2D eigenvalue weighted by atomic mass is 10.0. The molecule has 5 heteroatoms. The van der Waals surface area contributed by atoms with Crippen molar-refractivity contribution in [2.45, 2.75) is 18.6 Å². The highest BCUT2D eigenvalue weighted by Crippen LogP contribution is 2.31. The first kappa shape index (κ1) is 9.99. The molecule has 0 aromatic carbocycles. The maximum atomic E-state index is 5.72. The molecule has 3 rings (SSSR count). The Labute approximate surface area is 94.4 Å². The molecule has 1 aromatic rings. The summed E-state index contributed by atoms with van der Waals surface area (Å²) in [7, 11) is 0. The predicted octanol–water partition coefficient (Wildman–Crippen LogP) is 0.820. The van der Waals surface area contributed by atoms with Gasteiger partial charge in [0, 0.05) is 19.2 Å². The molecule has 0 N–H and O–H groups in total. The monoisotopic (exact) mass is 221 g/mol. The maximum Gasteiger partial charge on any atom is 0.186 e. The number of anilines is 1. The van der Waals surface area contributed by atoms with Crippen LogP contribution in [-0.4, -0.2) is 42.3 Å². The van der Waals surface area contributed by atoms with Gasteiger partial charge < -0.3 is 14.4 Å². The van der Waals surface area contributed by atoms with Gasteiger partial charge >= 0.3 is 0 Å². The van der Waals surface area contributed by atoms with E-state index < -0.39 is 5.79 Å². The number of rotatable bonds is 1. The van der Waals surface area contributed by atoms with E-state index in [1.807, 2.05) is 12.1 Å². The molecular weight excluding hydrogens is 206 g/mol. The van der Waals surface area contributed by atoms with E-state index in [9.17, 15) is 0 Å². The van der Waals surface area contributed by atoms with Gasteiger partial charge in [-0.05, 0) is 18.6 Å². The number of hydrogen-bond acceptors (Lipinski definition) is 5. The number of piperidine rings is 1. The Morgan fingerprint density at radius 1 is 1.31 bits per heavy atom. The van der Waals surface area contributed by atoms with Crippen LogP contribution in [0.4, 0.5) is 5.82 Å². The quantitative estimate of drug-likeness (QED) is 0.702. The minimum atomic E-state index is -0.393. The highest BCUT2D eigenvalue weighted by Gasteiger charge is 2.41. The Morgan fingerprint density at radius 2 is 2.19 bits per heavy atom. The lowest BCUT2D eigenvalue weighted by Crippen LogP contribution is -2.49. The van der Waals surface area contributed by atoms with Crippen molar-refractivity contribution >= 4 is 5.82 Å². The third-order valence-corrected chi connectivity index (χ3v) is 3.11. The Bertz CT molecular complexity index is 352. The molecule has 16 heavy (non-hydrogen) atoms. The van der Waals surface area contributed by atoms with Gasteiger partial charge in [-0.2, -0.15) is 5.10 Å². The van der Waals surface area contributed by atoms with Crippen LogP contribution >= 0.6 is 0 Å². The van der Waals surface area contributed by atoms with E-state index in [2.05, 4.69) is 15.1 Å². The smallest absolute Gasteiger partial charge is 0.186 e. The van der Waals surface area contributed by atoms with Crippen molar-refractivity contribution in [2.24, 2.45) is 0 Å². The minimum absolute atomic E-state index is 0.393. The van der Waals surface area contributed by atoms with Gasteiger partial charge in [-0.25, -0.2) is 0 Å². The molecule has 2 aliphatic rings. The number of nitrogens with zero attached hydrogens (tertiary/aromatic N) is 3. The fourth-order valence-corrected chi connectivity index (χ4v) is 2.38. The van der Waals surface area contributed by atoms with Crippen molar-refractivity contribution in [3.8, 4) is 0 Å². The molecule has 2 aliphatic heterocycles. The Balaban J connectivity index is 1.77.